The number of fused-ring (bicyclic) bond motifs is 8. The van der Waals surface area contributed by atoms with Gasteiger partial charge in [-0.1, -0.05) is 176 Å². The zero-order valence-corrected chi connectivity index (χ0v) is 34.8. The summed E-state index contributed by atoms with van der Waals surface area (Å²) < 4.78 is 0. The molecule has 10 aromatic rings. The summed E-state index contributed by atoms with van der Waals surface area (Å²) in [7, 11) is 0. The van der Waals surface area contributed by atoms with Crippen molar-refractivity contribution in [2.24, 2.45) is 23.7 Å². The van der Waals surface area contributed by atoms with Crippen LogP contribution in [0.3, 0.4) is 0 Å². The SMILES string of the molecule is c1ccc(-c2ccccc2-c2c3ccccc3c(-c3ccc(-c4ccc5cc6c(cc5c4)C4(c5c-6ccc6ccccc56)C5CC6CC(C5)CC4C6)cc3)c3ccccc23)cc1. The van der Waals surface area contributed by atoms with E-state index in [-0.39, 0.29) is 5.41 Å². The average molecular weight is 791 g/mol. The Morgan fingerprint density at radius 2 is 0.855 bits per heavy atom. The average Bonchev–Trinajstić information content (AvgIpc) is 3.61. The molecule has 0 N–H and O–H groups in total. The van der Waals surface area contributed by atoms with E-state index in [4.69, 9.17) is 0 Å². The second-order valence-electron chi connectivity index (χ2n) is 19.2. The maximum absolute atomic E-state index is 2.66. The van der Waals surface area contributed by atoms with E-state index in [0.717, 1.165) is 23.7 Å². The Morgan fingerprint density at radius 1 is 0.306 bits per heavy atom. The van der Waals surface area contributed by atoms with Crippen LogP contribution in [-0.4, -0.2) is 0 Å². The topological polar surface area (TPSA) is 0 Å². The summed E-state index contributed by atoms with van der Waals surface area (Å²) in [6, 6.07) is 73.8. The first kappa shape index (κ1) is 34.9. The van der Waals surface area contributed by atoms with Crippen molar-refractivity contribution in [3.8, 4) is 55.6 Å². The van der Waals surface area contributed by atoms with Crippen LogP contribution in [0.5, 0.6) is 0 Å². The van der Waals surface area contributed by atoms with Crippen molar-refractivity contribution >= 4 is 43.1 Å². The minimum atomic E-state index is 0.121. The van der Waals surface area contributed by atoms with Crippen molar-refractivity contribution in [3.63, 3.8) is 0 Å². The third kappa shape index (κ3) is 4.84. The van der Waals surface area contributed by atoms with Gasteiger partial charge in [0.2, 0.25) is 0 Å². The molecule has 4 saturated carbocycles. The number of benzene rings is 10. The van der Waals surface area contributed by atoms with Crippen molar-refractivity contribution in [2.75, 3.05) is 0 Å². The molecule has 4 fully saturated rings. The lowest BCUT2D eigenvalue weighted by molar-refractivity contribution is -0.0393. The fourth-order valence-electron chi connectivity index (χ4n) is 14.0. The van der Waals surface area contributed by atoms with Gasteiger partial charge in [0.1, 0.15) is 0 Å². The lowest BCUT2D eigenvalue weighted by atomic mass is 9.43. The summed E-state index contributed by atoms with van der Waals surface area (Å²) in [4.78, 5) is 0. The van der Waals surface area contributed by atoms with Crippen LogP contribution in [0.1, 0.15) is 43.2 Å². The second kappa shape index (κ2) is 13.1. The standard InChI is InChI=1S/C62H46/c1-2-12-41(13-3-1)49-15-6-7-17-51(49)60-54-20-10-8-18-52(54)59(53-19-9-11-21-55(53)60)43-24-22-40(23-25-43)44-26-27-45-36-57-56-29-28-42-14-4-5-16-50(42)61(56)62(58(57)37-46(45)35-44)47-31-38-30-39(33-47)34-48(62)32-38/h1-29,35-39,47-48H,30-34H2. The van der Waals surface area contributed by atoms with Gasteiger partial charge in [-0.2, -0.15) is 0 Å². The fourth-order valence-corrected chi connectivity index (χ4v) is 14.0. The van der Waals surface area contributed by atoms with Crippen LogP contribution < -0.4 is 0 Å². The molecule has 0 aromatic heterocycles. The normalized spacial score (nSPS) is 21.9. The molecule has 0 amide bonds. The molecule has 10 aromatic carbocycles. The summed E-state index contributed by atoms with van der Waals surface area (Å²) in [5.41, 5.74) is 16.6. The molecule has 5 aliphatic carbocycles. The highest BCUT2D eigenvalue weighted by Crippen LogP contribution is 2.70. The van der Waals surface area contributed by atoms with E-state index < -0.39 is 0 Å². The molecule has 5 aliphatic rings. The zero-order chi connectivity index (χ0) is 40.5. The highest BCUT2D eigenvalue weighted by atomic mass is 14.6. The molecule has 0 aliphatic heterocycles. The molecule has 62 heavy (non-hydrogen) atoms. The molecule has 15 rings (SSSR count). The maximum atomic E-state index is 2.66. The molecule has 0 unspecified atom stereocenters. The van der Waals surface area contributed by atoms with Gasteiger partial charge < -0.3 is 0 Å². The largest absolute Gasteiger partial charge is 0.0622 e. The van der Waals surface area contributed by atoms with Crippen LogP contribution in [-0.2, 0) is 5.41 Å². The third-order valence-electron chi connectivity index (χ3n) is 16.2. The molecule has 1 spiro atoms. The van der Waals surface area contributed by atoms with Crippen molar-refractivity contribution < 1.29 is 0 Å². The Morgan fingerprint density at radius 3 is 1.55 bits per heavy atom. The van der Waals surface area contributed by atoms with Crippen molar-refractivity contribution in [3.05, 3.63) is 205 Å². The molecule has 0 nitrogen and oxygen atoms in total. The molecular weight excluding hydrogens is 745 g/mol. The van der Waals surface area contributed by atoms with E-state index in [1.54, 1.807) is 11.1 Å². The second-order valence-corrected chi connectivity index (χ2v) is 19.2. The number of rotatable bonds is 4. The molecule has 0 heteroatoms. The third-order valence-corrected chi connectivity index (χ3v) is 16.2. The summed E-state index contributed by atoms with van der Waals surface area (Å²) in [5, 5.41) is 10.7. The highest BCUT2D eigenvalue weighted by Gasteiger charge is 2.62. The van der Waals surface area contributed by atoms with Gasteiger partial charge in [-0.3, -0.25) is 0 Å². The summed E-state index contributed by atoms with van der Waals surface area (Å²) in [6.07, 6.45) is 7.06. The van der Waals surface area contributed by atoms with Crippen LogP contribution in [0.25, 0.3) is 98.7 Å². The van der Waals surface area contributed by atoms with Gasteiger partial charge in [0.05, 0.1) is 0 Å². The van der Waals surface area contributed by atoms with Crippen molar-refractivity contribution in [1.82, 2.24) is 0 Å². The van der Waals surface area contributed by atoms with Gasteiger partial charge in [0.15, 0.2) is 0 Å². The Kier molecular flexibility index (Phi) is 7.39. The van der Waals surface area contributed by atoms with E-state index in [0.29, 0.717) is 0 Å². The summed E-state index contributed by atoms with van der Waals surface area (Å²) >= 11 is 0. The van der Waals surface area contributed by atoms with Gasteiger partial charge in [-0.25, -0.2) is 0 Å². The molecule has 0 heterocycles. The molecule has 294 valence electrons. The highest BCUT2D eigenvalue weighted by molar-refractivity contribution is 6.22. The van der Waals surface area contributed by atoms with Crippen LogP contribution in [0.15, 0.2) is 194 Å². The van der Waals surface area contributed by atoms with Crippen LogP contribution in [0, 0.1) is 23.7 Å². The van der Waals surface area contributed by atoms with Gasteiger partial charge in [0, 0.05) is 5.41 Å². The number of hydrogen-bond acceptors (Lipinski definition) is 0. The predicted octanol–water partition coefficient (Wildman–Crippen LogP) is 16.7. The molecular formula is C62H46. The first-order chi connectivity index (χ1) is 30.7. The Bertz CT molecular complexity index is 3370. The Hall–Kier alpha value is -6.76. The first-order valence-electron chi connectivity index (χ1n) is 23.0. The van der Waals surface area contributed by atoms with E-state index in [9.17, 15) is 0 Å². The van der Waals surface area contributed by atoms with E-state index in [2.05, 4.69) is 194 Å². The van der Waals surface area contributed by atoms with Crippen LogP contribution in [0.4, 0.5) is 0 Å². The minimum absolute atomic E-state index is 0.121. The van der Waals surface area contributed by atoms with E-state index in [1.807, 2.05) is 0 Å². The van der Waals surface area contributed by atoms with Gasteiger partial charge >= 0.3 is 0 Å². The van der Waals surface area contributed by atoms with Crippen LogP contribution in [0.2, 0.25) is 0 Å². The molecule has 0 radical (unpaired) electrons. The summed E-state index contributed by atoms with van der Waals surface area (Å²) in [5.74, 6) is 3.31. The van der Waals surface area contributed by atoms with E-state index in [1.165, 1.54) is 131 Å². The van der Waals surface area contributed by atoms with Crippen molar-refractivity contribution in [2.45, 2.75) is 37.5 Å². The monoisotopic (exact) mass is 790 g/mol. The Labute approximate surface area is 363 Å². The van der Waals surface area contributed by atoms with E-state index >= 15 is 0 Å². The predicted molar refractivity (Wildman–Crippen MR) is 261 cm³/mol. The molecule has 0 atom stereocenters. The minimum Gasteiger partial charge on any atom is -0.0622 e. The van der Waals surface area contributed by atoms with Gasteiger partial charge in [0.25, 0.3) is 0 Å². The van der Waals surface area contributed by atoms with Crippen LogP contribution >= 0.6 is 0 Å². The zero-order valence-electron chi connectivity index (χ0n) is 34.8. The van der Waals surface area contributed by atoms with Crippen molar-refractivity contribution in [1.29, 1.82) is 0 Å². The number of hydrogen-bond donors (Lipinski definition) is 0. The smallest absolute Gasteiger partial charge is 0.0278 e. The quantitative estimate of drug-likeness (QED) is 0.156. The molecule has 4 bridgehead atoms. The lowest BCUT2D eigenvalue weighted by Crippen LogP contribution is -2.55. The first-order valence-corrected chi connectivity index (χ1v) is 23.0. The molecule has 0 saturated heterocycles. The lowest BCUT2D eigenvalue weighted by Gasteiger charge is -2.61. The van der Waals surface area contributed by atoms with Gasteiger partial charge in [-0.15, -0.1) is 0 Å². The maximum Gasteiger partial charge on any atom is 0.0278 e. The Balaban J connectivity index is 0.899. The summed E-state index contributed by atoms with van der Waals surface area (Å²) in [6.45, 7) is 0. The van der Waals surface area contributed by atoms with Gasteiger partial charge in [-0.05, 0) is 184 Å². The fraction of sp³-hybridized carbons (Fsp3) is 0.161.